The normalized spacial score (nSPS) is 5.40. The van der Waals surface area contributed by atoms with Crippen LogP contribution in [0.2, 0.25) is 0 Å². The first-order valence-electron chi connectivity index (χ1n) is 0.655. The predicted molar refractivity (Wildman–Crippen MR) is 9.08 cm³/mol. The van der Waals surface area contributed by atoms with Crippen molar-refractivity contribution in [2.24, 2.45) is 0 Å². The van der Waals surface area contributed by atoms with Gasteiger partial charge >= 0.3 is 15.5 Å². The van der Waals surface area contributed by atoms with Gasteiger partial charge in [0, 0.05) is 17.4 Å². The van der Waals surface area contributed by atoms with Gasteiger partial charge in [0.2, 0.25) is 0 Å². The summed E-state index contributed by atoms with van der Waals surface area (Å²) >= 11 is -4.64. The van der Waals surface area contributed by atoms with Crippen LogP contribution in [-0.2, 0) is 17.4 Å². The van der Waals surface area contributed by atoms with E-state index in [-0.39, 0.29) is 17.4 Å². The van der Waals surface area contributed by atoms with Crippen LogP contribution in [0, 0.1) is 0 Å². The second-order valence-corrected chi connectivity index (χ2v) is 0.742. The maximum Gasteiger partial charge on any atom is 1.04 e. The number of hydrogen-bond donors (Lipinski definition) is 0. The van der Waals surface area contributed by atoms with Crippen molar-refractivity contribution in [2.45, 2.75) is 0 Å². The third kappa shape index (κ3) is 54.1. The molecule has 0 aromatic carbocycles. The van der Waals surface area contributed by atoms with Gasteiger partial charge in [0.1, 0.15) is 0 Å². The van der Waals surface area contributed by atoms with E-state index in [2.05, 4.69) is 0 Å². The van der Waals surface area contributed by atoms with E-state index < -0.39 is 15.5 Å². The zero-order valence-corrected chi connectivity index (χ0v) is 4.55. The Morgan fingerprint density at radius 1 is 1.00 bits per heavy atom. The average Bonchev–Trinajstić information content (AvgIpc) is 0.811. The number of hydrogen-bond acceptors (Lipinski definition) is 0. The largest absolute Gasteiger partial charge is 1.04 e. The summed E-state index contributed by atoms with van der Waals surface area (Å²) in [5, 5.41) is 0. The van der Waals surface area contributed by atoms with Gasteiger partial charge in [-0.1, -0.05) is 0 Å². The van der Waals surface area contributed by atoms with Gasteiger partial charge in [-0.2, -0.15) is 0 Å². The van der Waals surface area contributed by atoms with E-state index in [1.54, 1.807) is 0 Å². The molecule has 0 amide bonds. The van der Waals surface area contributed by atoms with Crippen molar-refractivity contribution in [3.05, 3.63) is 0 Å². The number of rotatable bonds is 0. The van der Waals surface area contributed by atoms with Crippen LogP contribution in [-0.4, -0.2) is 15.5 Å². The molecule has 0 rings (SSSR count). The van der Waals surface area contributed by atoms with E-state index in [9.17, 15) is 10.6 Å². The summed E-state index contributed by atoms with van der Waals surface area (Å²) in [5.41, 5.74) is 0. The van der Waals surface area contributed by atoms with Crippen molar-refractivity contribution in [1.82, 2.24) is 0 Å². The summed E-state index contributed by atoms with van der Waals surface area (Å²) in [4.78, 5) is 0. The van der Waals surface area contributed by atoms with Crippen molar-refractivity contribution < 1.29 is 27.9 Å². The van der Waals surface area contributed by atoms with Gasteiger partial charge in [0.25, 0.3) is 0 Å². The molecule has 0 radical (unpaired) electrons. The molecule has 0 fully saturated rings. The fourth-order valence-corrected chi connectivity index (χ4v) is 0. The van der Waals surface area contributed by atoms with Crippen LogP contribution < -0.4 is 0 Å². The third-order valence-electron chi connectivity index (χ3n) is 0. The molecule has 0 spiro atoms. The Kier molecular flexibility index (Phi) is 9.02. The summed E-state index contributed by atoms with van der Waals surface area (Å²) in [6.07, 6.45) is 0. The van der Waals surface area contributed by atoms with E-state index in [1.165, 1.54) is 0 Å². The molecular formula is AlCrF3. The van der Waals surface area contributed by atoms with Crippen molar-refractivity contribution in [2.75, 3.05) is 0 Å². The van der Waals surface area contributed by atoms with Gasteiger partial charge < -0.3 is 10.6 Å². The van der Waals surface area contributed by atoms with Crippen LogP contribution in [0.15, 0.2) is 0 Å². The molecule has 0 saturated carbocycles. The summed E-state index contributed by atoms with van der Waals surface area (Å²) < 4.78 is 29.4. The fraction of sp³-hybridized carbons (Fsp3) is 0. The molecule has 0 unspecified atom stereocenters. The SMILES string of the molecule is [Cr].[F][Al]([F])[F]. The Hall–Kier alpha value is 0.855. The molecule has 30 valence electrons. The quantitative estimate of drug-likeness (QED) is 0.433. The molecule has 0 aliphatic heterocycles. The minimum atomic E-state index is -4.64. The smallest absolute Gasteiger partial charge is 0.346 e. The van der Waals surface area contributed by atoms with Crippen molar-refractivity contribution in [1.29, 1.82) is 0 Å². The molecule has 0 atom stereocenters. The minimum absolute atomic E-state index is 0. The minimum Gasteiger partial charge on any atom is -0.346 e. The van der Waals surface area contributed by atoms with E-state index >= 15 is 0 Å². The first-order valence-corrected chi connectivity index (χ1v) is 1.96. The predicted octanol–water partition coefficient (Wildman–Crippen LogP) is 0.877. The molecule has 0 aliphatic rings. The van der Waals surface area contributed by atoms with E-state index in [4.69, 9.17) is 0 Å². The maximum atomic E-state index is 9.81. The van der Waals surface area contributed by atoms with Gasteiger partial charge in [0.05, 0.1) is 0 Å². The Labute approximate surface area is 43.9 Å². The maximum absolute atomic E-state index is 9.81. The second kappa shape index (κ2) is 4.85. The Morgan fingerprint density at radius 2 is 1.00 bits per heavy atom. The summed E-state index contributed by atoms with van der Waals surface area (Å²) in [5.74, 6) is 0. The van der Waals surface area contributed by atoms with Gasteiger partial charge in [-0.15, -0.1) is 0 Å². The molecule has 0 bridgehead atoms. The first kappa shape index (κ1) is 9.29. The summed E-state index contributed by atoms with van der Waals surface area (Å²) in [6.45, 7) is 0. The monoisotopic (exact) mass is 136 g/mol. The fourth-order valence-electron chi connectivity index (χ4n) is 0. The average molecular weight is 136 g/mol. The Morgan fingerprint density at radius 3 is 1.00 bits per heavy atom. The standard InChI is InChI=1S/Al.Cr.3FH/h;;3*1H/q+3;;;;/p-3. The van der Waals surface area contributed by atoms with Gasteiger partial charge in [-0.25, -0.2) is 0 Å². The molecule has 5 heavy (non-hydrogen) atoms. The zero-order chi connectivity index (χ0) is 3.58. The molecule has 0 N–H and O–H groups in total. The molecule has 0 aromatic heterocycles. The van der Waals surface area contributed by atoms with Crippen molar-refractivity contribution in [3.63, 3.8) is 0 Å². The Bertz CT molecular complexity index is 11.6. The molecule has 0 aliphatic carbocycles. The Balaban J connectivity index is 0. The van der Waals surface area contributed by atoms with Gasteiger partial charge in [-0.3, -0.25) is 0 Å². The molecule has 0 nitrogen and oxygen atoms in total. The van der Waals surface area contributed by atoms with Crippen LogP contribution in [0.4, 0.5) is 10.6 Å². The van der Waals surface area contributed by atoms with E-state index in [1.807, 2.05) is 0 Å². The summed E-state index contributed by atoms with van der Waals surface area (Å²) in [6, 6.07) is 0. The zero-order valence-electron chi connectivity index (χ0n) is 2.12. The summed E-state index contributed by atoms with van der Waals surface area (Å²) in [7, 11) is 0. The van der Waals surface area contributed by atoms with Crippen LogP contribution in [0.5, 0.6) is 0 Å². The second-order valence-electron chi connectivity index (χ2n) is 0.247. The van der Waals surface area contributed by atoms with Crippen LogP contribution >= 0.6 is 0 Å². The van der Waals surface area contributed by atoms with Crippen molar-refractivity contribution >= 4 is 15.5 Å². The molecule has 0 heterocycles. The van der Waals surface area contributed by atoms with E-state index in [0.717, 1.165) is 0 Å². The van der Waals surface area contributed by atoms with E-state index in [0.29, 0.717) is 0 Å². The van der Waals surface area contributed by atoms with Gasteiger partial charge in [-0.05, 0) is 0 Å². The molecule has 0 saturated heterocycles. The van der Waals surface area contributed by atoms with Gasteiger partial charge in [0.15, 0.2) is 0 Å². The van der Waals surface area contributed by atoms with Crippen molar-refractivity contribution in [3.8, 4) is 0 Å². The first-order chi connectivity index (χ1) is 1.73. The molecule has 0 aromatic rings. The molecule has 5 heteroatoms. The van der Waals surface area contributed by atoms with Crippen LogP contribution in [0.25, 0.3) is 0 Å². The van der Waals surface area contributed by atoms with Crippen LogP contribution in [0.3, 0.4) is 0 Å². The number of halogens is 3. The molecular weight excluding hydrogens is 136 g/mol. The third-order valence-corrected chi connectivity index (χ3v) is 0. The van der Waals surface area contributed by atoms with Crippen LogP contribution in [0.1, 0.15) is 0 Å². The topological polar surface area (TPSA) is 0 Å².